The molecule has 0 fully saturated rings. The summed E-state index contributed by atoms with van der Waals surface area (Å²) in [5.41, 5.74) is 1.23. The van der Waals surface area contributed by atoms with Gasteiger partial charge >= 0.3 is 0 Å². The van der Waals surface area contributed by atoms with Crippen LogP contribution in [-0.2, 0) is 0 Å². The molecule has 0 bridgehead atoms. The molecule has 0 aliphatic carbocycles. The monoisotopic (exact) mass is 209 g/mol. The van der Waals surface area contributed by atoms with Crippen LogP contribution in [0.15, 0.2) is 12.1 Å². The quantitative estimate of drug-likeness (QED) is 0.702. The molecule has 0 aliphatic rings. The van der Waals surface area contributed by atoms with Crippen molar-refractivity contribution in [1.82, 2.24) is 0 Å². The lowest BCUT2D eigenvalue weighted by Crippen LogP contribution is -2.00. The zero-order valence-electron chi connectivity index (χ0n) is 7.80. The van der Waals surface area contributed by atoms with E-state index >= 15 is 0 Å². The number of nitriles is 1. The van der Waals surface area contributed by atoms with Crippen LogP contribution >= 0.6 is 11.6 Å². The topological polar surface area (TPSA) is 50.1 Å². The third-order valence-electron chi connectivity index (χ3n) is 1.96. The Morgan fingerprint density at radius 1 is 1.57 bits per heavy atom. The second-order valence-electron chi connectivity index (χ2n) is 2.70. The third kappa shape index (κ3) is 1.70. The maximum atomic E-state index is 11.1. The van der Waals surface area contributed by atoms with E-state index in [4.69, 9.17) is 21.6 Å². The average molecular weight is 210 g/mol. The molecule has 1 aromatic carbocycles. The van der Waals surface area contributed by atoms with Crippen molar-refractivity contribution in [2.24, 2.45) is 0 Å². The van der Waals surface area contributed by atoms with Crippen LogP contribution in [0, 0.1) is 18.3 Å². The van der Waals surface area contributed by atoms with Crippen LogP contribution < -0.4 is 4.74 Å². The van der Waals surface area contributed by atoms with Crippen LogP contribution in [0.3, 0.4) is 0 Å². The molecule has 1 aromatic rings. The summed E-state index contributed by atoms with van der Waals surface area (Å²) in [5, 5.41) is 8.13. The molecule has 4 heteroatoms. The minimum absolute atomic E-state index is 0.258. The number of methoxy groups -OCH3 is 1. The van der Waals surface area contributed by atoms with E-state index < -0.39 is 5.24 Å². The summed E-state index contributed by atoms with van der Waals surface area (Å²) in [6.45, 7) is 1.66. The molecular weight excluding hydrogens is 202 g/mol. The number of ether oxygens (including phenoxy) is 1. The zero-order valence-corrected chi connectivity index (χ0v) is 8.55. The lowest BCUT2D eigenvalue weighted by Gasteiger charge is -2.08. The van der Waals surface area contributed by atoms with Crippen LogP contribution in [0.4, 0.5) is 0 Å². The summed E-state index contributed by atoms with van der Waals surface area (Å²) in [6, 6.07) is 5.13. The van der Waals surface area contributed by atoms with Crippen molar-refractivity contribution in [2.75, 3.05) is 7.11 Å². The van der Waals surface area contributed by atoms with Gasteiger partial charge in [-0.05, 0) is 36.2 Å². The minimum atomic E-state index is -0.614. The summed E-state index contributed by atoms with van der Waals surface area (Å²) in [5.74, 6) is 0.390. The molecule has 72 valence electrons. The van der Waals surface area contributed by atoms with E-state index in [9.17, 15) is 4.79 Å². The van der Waals surface area contributed by atoms with Gasteiger partial charge in [0.2, 0.25) is 0 Å². The minimum Gasteiger partial charge on any atom is -0.496 e. The molecule has 0 aliphatic heterocycles. The lowest BCUT2D eigenvalue weighted by molar-refractivity contribution is 0.107. The van der Waals surface area contributed by atoms with E-state index in [2.05, 4.69) is 0 Å². The number of rotatable bonds is 2. The molecule has 0 atom stereocenters. The first kappa shape index (κ1) is 10.6. The molecule has 0 N–H and O–H groups in total. The number of benzene rings is 1. The van der Waals surface area contributed by atoms with Crippen LogP contribution in [0.5, 0.6) is 5.75 Å². The highest BCUT2D eigenvalue weighted by Gasteiger charge is 2.15. The van der Waals surface area contributed by atoms with Crippen molar-refractivity contribution in [3.63, 3.8) is 0 Å². The lowest BCUT2D eigenvalue weighted by atomic mass is 10.0. The molecule has 3 nitrogen and oxygen atoms in total. The van der Waals surface area contributed by atoms with Gasteiger partial charge in [-0.15, -0.1) is 0 Å². The van der Waals surface area contributed by atoms with Crippen molar-refractivity contribution in [3.8, 4) is 11.8 Å². The van der Waals surface area contributed by atoms with Gasteiger partial charge in [0.15, 0.2) is 0 Å². The second kappa shape index (κ2) is 4.12. The molecule has 0 heterocycles. The van der Waals surface area contributed by atoms with E-state index in [1.807, 2.05) is 6.07 Å². The van der Waals surface area contributed by atoms with E-state index in [0.717, 1.165) is 0 Å². The number of carbonyl (C=O) groups is 1. The standard InChI is InChI=1S/C10H8ClNO2/c1-6-7(5-12)3-4-8(14-2)9(6)10(11)13/h3-4H,1-2H3. The largest absolute Gasteiger partial charge is 0.496 e. The fraction of sp³-hybridized carbons (Fsp3) is 0.200. The van der Waals surface area contributed by atoms with Crippen LogP contribution in [0.25, 0.3) is 0 Å². The normalized spacial score (nSPS) is 9.29. The van der Waals surface area contributed by atoms with Gasteiger partial charge in [0.1, 0.15) is 5.75 Å². The molecule has 0 unspecified atom stereocenters. The molecule has 0 radical (unpaired) electrons. The zero-order chi connectivity index (χ0) is 10.7. The maximum absolute atomic E-state index is 11.1. The summed E-state index contributed by atoms with van der Waals surface area (Å²) >= 11 is 5.39. The van der Waals surface area contributed by atoms with E-state index in [0.29, 0.717) is 16.9 Å². The number of halogens is 1. The Bertz CT molecular complexity index is 421. The first-order valence-corrected chi connectivity index (χ1v) is 4.27. The molecular formula is C10H8ClNO2. The highest BCUT2D eigenvalue weighted by atomic mass is 35.5. The number of hydrogen-bond donors (Lipinski definition) is 0. The molecule has 0 saturated carbocycles. The third-order valence-corrected chi connectivity index (χ3v) is 2.15. The fourth-order valence-corrected chi connectivity index (χ4v) is 1.46. The van der Waals surface area contributed by atoms with Crippen molar-refractivity contribution >= 4 is 16.8 Å². The molecule has 0 amide bonds. The average Bonchev–Trinajstić information content (AvgIpc) is 2.16. The maximum Gasteiger partial charge on any atom is 0.256 e. The predicted octanol–water partition coefficient (Wildman–Crippen LogP) is 2.25. The van der Waals surface area contributed by atoms with Gasteiger partial charge < -0.3 is 4.74 Å². The van der Waals surface area contributed by atoms with Crippen LogP contribution in [-0.4, -0.2) is 12.4 Å². The Hall–Kier alpha value is -1.53. The van der Waals surface area contributed by atoms with Gasteiger partial charge in [-0.2, -0.15) is 5.26 Å². The summed E-state index contributed by atoms with van der Waals surface area (Å²) in [4.78, 5) is 11.1. The van der Waals surface area contributed by atoms with E-state index in [-0.39, 0.29) is 5.56 Å². The first-order valence-electron chi connectivity index (χ1n) is 3.89. The summed E-state index contributed by atoms with van der Waals surface area (Å²) in [7, 11) is 1.45. The second-order valence-corrected chi connectivity index (χ2v) is 3.04. The Morgan fingerprint density at radius 3 is 2.64 bits per heavy atom. The molecule has 0 spiro atoms. The van der Waals surface area contributed by atoms with Crippen molar-refractivity contribution in [1.29, 1.82) is 5.26 Å². The Kier molecular flexibility index (Phi) is 3.10. The molecule has 0 saturated heterocycles. The van der Waals surface area contributed by atoms with Crippen LogP contribution in [0.2, 0.25) is 0 Å². The smallest absolute Gasteiger partial charge is 0.256 e. The van der Waals surface area contributed by atoms with Gasteiger partial charge in [0.25, 0.3) is 5.24 Å². The Labute approximate surface area is 86.9 Å². The van der Waals surface area contributed by atoms with Gasteiger partial charge in [-0.25, -0.2) is 0 Å². The molecule has 0 aromatic heterocycles. The van der Waals surface area contributed by atoms with Crippen molar-refractivity contribution in [2.45, 2.75) is 6.92 Å². The predicted molar refractivity (Wildman–Crippen MR) is 52.6 cm³/mol. The SMILES string of the molecule is COc1ccc(C#N)c(C)c1C(=O)Cl. The number of nitrogens with zero attached hydrogens (tertiary/aromatic N) is 1. The van der Waals surface area contributed by atoms with Gasteiger partial charge in [-0.1, -0.05) is 0 Å². The molecule has 14 heavy (non-hydrogen) atoms. The first-order chi connectivity index (χ1) is 6.61. The molecule has 1 rings (SSSR count). The van der Waals surface area contributed by atoms with E-state index in [1.54, 1.807) is 19.1 Å². The fourth-order valence-electron chi connectivity index (χ4n) is 1.22. The van der Waals surface area contributed by atoms with Gasteiger partial charge in [-0.3, -0.25) is 4.79 Å². The number of hydrogen-bond acceptors (Lipinski definition) is 3. The van der Waals surface area contributed by atoms with Gasteiger partial charge in [0, 0.05) is 0 Å². The highest BCUT2D eigenvalue weighted by molar-refractivity contribution is 6.68. The van der Waals surface area contributed by atoms with E-state index in [1.165, 1.54) is 7.11 Å². The van der Waals surface area contributed by atoms with Gasteiger partial charge in [0.05, 0.1) is 24.3 Å². The van der Waals surface area contributed by atoms with Crippen LogP contribution in [0.1, 0.15) is 21.5 Å². The number of carbonyl (C=O) groups excluding carboxylic acids is 1. The van der Waals surface area contributed by atoms with Crippen molar-refractivity contribution < 1.29 is 9.53 Å². The Morgan fingerprint density at radius 2 is 2.21 bits per heavy atom. The summed E-state index contributed by atoms with van der Waals surface area (Å²) < 4.78 is 4.97. The van der Waals surface area contributed by atoms with Crippen molar-refractivity contribution in [3.05, 3.63) is 28.8 Å². The highest BCUT2D eigenvalue weighted by Crippen LogP contribution is 2.26. The Balaban J connectivity index is 3.49. The summed E-state index contributed by atoms with van der Waals surface area (Å²) in [6.07, 6.45) is 0.